The summed E-state index contributed by atoms with van der Waals surface area (Å²) in [5.41, 5.74) is 4.26. The monoisotopic (exact) mass is 390 g/mol. The highest BCUT2D eigenvalue weighted by atomic mass is 16.7. The number of aromatic nitrogens is 1. The minimum absolute atomic E-state index is 0.211. The number of fused-ring (bicyclic) bond motifs is 2. The molecule has 0 saturated carbocycles. The van der Waals surface area contributed by atoms with Crippen LogP contribution in [0.2, 0.25) is 0 Å². The van der Waals surface area contributed by atoms with E-state index in [1.165, 1.54) is 4.90 Å². The summed E-state index contributed by atoms with van der Waals surface area (Å²) in [6.07, 6.45) is 2.16. The molecule has 3 heterocycles. The molecule has 1 atom stereocenters. The van der Waals surface area contributed by atoms with Crippen LogP contribution in [0.5, 0.6) is 5.75 Å². The molecular weight excluding hydrogens is 368 g/mol. The molecule has 3 aromatic rings. The van der Waals surface area contributed by atoms with E-state index in [2.05, 4.69) is 29.2 Å². The van der Waals surface area contributed by atoms with E-state index in [1.54, 1.807) is 0 Å². The average Bonchev–Trinajstić information content (AvgIpc) is 2.78. The molecule has 1 unspecified atom stereocenters. The summed E-state index contributed by atoms with van der Waals surface area (Å²) in [6, 6.07) is 16.4. The molecule has 0 aliphatic carbocycles. The maximum absolute atomic E-state index is 11.1. The van der Waals surface area contributed by atoms with Gasteiger partial charge in [0.15, 0.2) is 0 Å². The van der Waals surface area contributed by atoms with Crippen molar-refractivity contribution >= 4 is 17.0 Å². The van der Waals surface area contributed by atoms with Gasteiger partial charge in [-0.2, -0.15) is 0 Å². The fourth-order valence-electron chi connectivity index (χ4n) is 4.26. The number of ether oxygens (including phenoxy) is 2. The summed E-state index contributed by atoms with van der Waals surface area (Å²) in [5, 5.41) is 10.2. The van der Waals surface area contributed by atoms with E-state index in [9.17, 15) is 4.79 Å². The van der Waals surface area contributed by atoms with Crippen LogP contribution >= 0.6 is 0 Å². The van der Waals surface area contributed by atoms with E-state index >= 15 is 0 Å². The zero-order valence-electron chi connectivity index (χ0n) is 16.0. The Balaban J connectivity index is 1.36. The van der Waals surface area contributed by atoms with Crippen LogP contribution in [0.25, 0.3) is 22.0 Å². The lowest BCUT2D eigenvalue weighted by atomic mass is 9.95. The standard InChI is InChI=1S/C23H22N2O4/c26-23(27)25-11-8-15(9-12-25)22-28-14-17-13-16(6-7-21(17)29-22)18-3-1-5-20-19(18)4-2-10-24-20/h1-7,10,13,15,22H,8-9,11-12,14H2,(H,26,27). The van der Waals surface area contributed by atoms with Gasteiger partial charge in [0.25, 0.3) is 0 Å². The predicted molar refractivity (Wildman–Crippen MR) is 109 cm³/mol. The third-order valence-corrected chi connectivity index (χ3v) is 5.86. The number of carboxylic acid groups (broad SMARTS) is 1. The third-order valence-electron chi connectivity index (χ3n) is 5.86. The van der Waals surface area contributed by atoms with Gasteiger partial charge < -0.3 is 19.5 Å². The molecule has 148 valence electrons. The Morgan fingerprint density at radius 2 is 1.97 bits per heavy atom. The van der Waals surface area contributed by atoms with Crippen LogP contribution in [0.3, 0.4) is 0 Å². The summed E-state index contributed by atoms with van der Waals surface area (Å²) in [7, 11) is 0. The normalized spacial score (nSPS) is 19.6. The van der Waals surface area contributed by atoms with Gasteiger partial charge in [-0.25, -0.2) is 4.79 Å². The highest BCUT2D eigenvalue weighted by Gasteiger charge is 2.33. The Morgan fingerprint density at radius 1 is 1.10 bits per heavy atom. The largest absolute Gasteiger partial charge is 0.465 e. The van der Waals surface area contributed by atoms with Gasteiger partial charge in [0, 0.05) is 36.2 Å². The number of piperidine rings is 1. The number of amides is 1. The molecule has 2 aliphatic heterocycles. The van der Waals surface area contributed by atoms with Crippen LogP contribution in [-0.4, -0.2) is 40.5 Å². The quantitative estimate of drug-likeness (QED) is 0.696. The number of carbonyl (C=O) groups is 1. The molecule has 2 aliphatic rings. The van der Waals surface area contributed by atoms with Gasteiger partial charge >= 0.3 is 6.09 Å². The van der Waals surface area contributed by atoms with E-state index < -0.39 is 6.09 Å². The second-order valence-electron chi connectivity index (χ2n) is 7.60. The summed E-state index contributed by atoms with van der Waals surface area (Å²) in [6.45, 7) is 1.56. The number of hydrogen-bond acceptors (Lipinski definition) is 4. The lowest BCUT2D eigenvalue weighted by Gasteiger charge is -2.36. The second-order valence-corrected chi connectivity index (χ2v) is 7.60. The summed E-state index contributed by atoms with van der Waals surface area (Å²) >= 11 is 0. The molecular formula is C23H22N2O4. The number of nitrogens with zero attached hydrogens (tertiary/aromatic N) is 2. The molecule has 1 saturated heterocycles. The van der Waals surface area contributed by atoms with E-state index in [-0.39, 0.29) is 12.2 Å². The van der Waals surface area contributed by atoms with Crippen molar-refractivity contribution in [3.05, 3.63) is 60.3 Å². The Hall–Kier alpha value is -3.12. The zero-order chi connectivity index (χ0) is 19.8. The molecule has 6 nitrogen and oxygen atoms in total. The van der Waals surface area contributed by atoms with Crippen LogP contribution in [0.1, 0.15) is 18.4 Å². The molecule has 5 rings (SSSR count). The molecule has 0 spiro atoms. The molecule has 0 bridgehead atoms. The van der Waals surface area contributed by atoms with Crippen molar-refractivity contribution in [2.75, 3.05) is 13.1 Å². The van der Waals surface area contributed by atoms with Gasteiger partial charge in [0.05, 0.1) is 12.1 Å². The molecule has 29 heavy (non-hydrogen) atoms. The zero-order valence-corrected chi connectivity index (χ0v) is 16.0. The van der Waals surface area contributed by atoms with Gasteiger partial charge in [-0.1, -0.05) is 24.3 Å². The van der Waals surface area contributed by atoms with E-state index in [1.807, 2.05) is 30.5 Å². The number of likely N-dealkylation sites (tertiary alicyclic amines) is 1. The molecule has 2 aromatic carbocycles. The minimum atomic E-state index is -0.851. The number of hydrogen-bond donors (Lipinski definition) is 1. The Bertz CT molecular complexity index is 1050. The van der Waals surface area contributed by atoms with E-state index in [0.29, 0.717) is 19.7 Å². The van der Waals surface area contributed by atoms with Gasteiger partial charge in [-0.05, 0) is 48.2 Å². The van der Waals surface area contributed by atoms with Crippen molar-refractivity contribution in [3.8, 4) is 16.9 Å². The number of pyridine rings is 1. The average molecular weight is 390 g/mol. The Kier molecular flexibility index (Phi) is 4.56. The van der Waals surface area contributed by atoms with Crippen LogP contribution in [0.4, 0.5) is 4.79 Å². The molecule has 1 amide bonds. The lowest BCUT2D eigenvalue weighted by molar-refractivity contribution is -0.148. The maximum atomic E-state index is 11.1. The molecule has 6 heteroatoms. The van der Waals surface area contributed by atoms with Crippen molar-refractivity contribution in [3.63, 3.8) is 0 Å². The number of benzene rings is 2. The topological polar surface area (TPSA) is 71.9 Å². The molecule has 0 radical (unpaired) electrons. The van der Waals surface area contributed by atoms with Gasteiger partial charge in [0.1, 0.15) is 5.75 Å². The minimum Gasteiger partial charge on any atom is -0.465 e. The highest BCUT2D eigenvalue weighted by Crippen LogP contribution is 2.36. The molecule has 1 N–H and O–H groups in total. The van der Waals surface area contributed by atoms with Crippen molar-refractivity contribution in [2.24, 2.45) is 5.92 Å². The van der Waals surface area contributed by atoms with E-state index in [4.69, 9.17) is 14.6 Å². The van der Waals surface area contributed by atoms with Gasteiger partial charge in [-0.15, -0.1) is 0 Å². The highest BCUT2D eigenvalue weighted by molar-refractivity contribution is 5.94. The van der Waals surface area contributed by atoms with Crippen molar-refractivity contribution in [2.45, 2.75) is 25.7 Å². The third kappa shape index (κ3) is 3.40. The first-order valence-electron chi connectivity index (χ1n) is 9.92. The fourth-order valence-corrected chi connectivity index (χ4v) is 4.26. The SMILES string of the molecule is O=C(O)N1CCC(C2OCc3cc(-c4cccc5ncccc45)ccc3O2)CC1. The van der Waals surface area contributed by atoms with Crippen molar-refractivity contribution in [1.82, 2.24) is 9.88 Å². The first-order chi connectivity index (χ1) is 14.2. The number of rotatable bonds is 2. The molecule has 1 aromatic heterocycles. The van der Waals surface area contributed by atoms with Gasteiger partial charge in [0.2, 0.25) is 6.29 Å². The maximum Gasteiger partial charge on any atom is 0.407 e. The lowest BCUT2D eigenvalue weighted by Crippen LogP contribution is -2.43. The van der Waals surface area contributed by atoms with Crippen molar-refractivity contribution in [1.29, 1.82) is 0 Å². The summed E-state index contributed by atoms with van der Waals surface area (Å²) in [5.74, 6) is 1.06. The molecule has 1 fully saturated rings. The first kappa shape index (κ1) is 17.9. The predicted octanol–water partition coefficient (Wildman–Crippen LogP) is 4.53. The van der Waals surface area contributed by atoms with Crippen LogP contribution < -0.4 is 4.74 Å². The van der Waals surface area contributed by atoms with Crippen LogP contribution in [-0.2, 0) is 11.3 Å². The Morgan fingerprint density at radius 3 is 2.79 bits per heavy atom. The smallest absolute Gasteiger partial charge is 0.407 e. The fraction of sp³-hybridized carbons (Fsp3) is 0.304. The van der Waals surface area contributed by atoms with Crippen molar-refractivity contribution < 1.29 is 19.4 Å². The summed E-state index contributed by atoms with van der Waals surface area (Å²) < 4.78 is 12.2. The first-order valence-corrected chi connectivity index (χ1v) is 9.92. The Labute approximate surface area is 168 Å². The second kappa shape index (κ2) is 7.37. The van der Waals surface area contributed by atoms with Crippen LogP contribution in [0.15, 0.2) is 54.7 Å². The van der Waals surface area contributed by atoms with E-state index in [0.717, 1.165) is 46.2 Å². The summed E-state index contributed by atoms with van der Waals surface area (Å²) in [4.78, 5) is 17.0. The van der Waals surface area contributed by atoms with Gasteiger partial charge in [-0.3, -0.25) is 4.98 Å². The van der Waals surface area contributed by atoms with Crippen LogP contribution in [0, 0.1) is 5.92 Å².